The lowest BCUT2D eigenvalue weighted by atomic mass is 10.3. The molecule has 3 amide bonds. The molecule has 0 spiro atoms. The highest BCUT2D eigenvalue weighted by molar-refractivity contribution is 7.22. The van der Waals surface area contributed by atoms with E-state index >= 15 is 0 Å². The van der Waals surface area contributed by atoms with Gasteiger partial charge in [0.2, 0.25) is 5.91 Å². The van der Waals surface area contributed by atoms with E-state index in [1.54, 1.807) is 42.5 Å². The molecule has 0 saturated carbocycles. The van der Waals surface area contributed by atoms with Crippen molar-refractivity contribution in [3.63, 3.8) is 0 Å². The third kappa shape index (κ3) is 4.01. The zero-order chi connectivity index (χ0) is 17.1. The molecule has 1 aromatic heterocycles. The van der Waals surface area contributed by atoms with Crippen molar-refractivity contribution in [3.05, 3.63) is 47.5 Å². The summed E-state index contributed by atoms with van der Waals surface area (Å²) in [7, 11) is 0. The van der Waals surface area contributed by atoms with E-state index in [4.69, 9.17) is 11.6 Å². The summed E-state index contributed by atoms with van der Waals surface area (Å²) in [4.78, 5) is 27.4. The number of carbonyl (C=O) groups is 2. The highest BCUT2D eigenvalue weighted by atomic mass is 35.5. The first-order chi connectivity index (χ1) is 11.5. The van der Waals surface area contributed by atoms with Crippen LogP contribution in [0, 0.1) is 0 Å². The number of nitrogens with one attached hydrogen (secondary N) is 3. The van der Waals surface area contributed by atoms with Gasteiger partial charge in [0.15, 0.2) is 5.13 Å². The molecule has 1 heterocycles. The Bertz CT molecular complexity index is 925. The molecule has 0 aliphatic carbocycles. The van der Waals surface area contributed by atoms with Crippen LogP contribution in [-0.4, -0.2) is 16.9 Å². The molecule has 3 rings (SSSR count). The first kappa shape index (κ1) is 16.2. The number of carbonyl (C=O) groups excluding carboxylic acids is 2. The molecule has 0 fully saturated rings. The number of amides is 3. The second kappa shape index (κ2) is 6.86. The monoisotopic (exact) mass is 360 g/mol. The zero-order valence-corrected chi connectivity index (χ0v) is 14.2. The number of halogens is 1. The van der Waals surface area contributed by atoms with Gasteiger partial charge in [0.05, 0.1) is 10.2 Å². The van der Waals surface area contributed by atoms with Gasteiger partial charge in [0.1, 0.15) is 0 Å². The highest BCUT2D eigenvalue weighted by Gasteiger charge is 2.08. The van der Waals surface area contributed by atoms with Crippen LogP contribution in [0.25, 0.3) is 10.2 Å². The Hall–Kier alpha value is -2.64. The number of rotatable bonds is 3. The Labute approximate surface area is 146 Å². The van der Waals surface area contributed by atoms with E-state index in [1.807, 2.05) is 0 Å². The van der Waals surface area contributed by atoms with E-state index in [2.05, 4.69) is 20.9 Å². The Balaban J connectivity index is 1.72. The molecule has 0 aliphatic heterocycles. The van der Waals surface area contributed by atoms with Crippen molar-refractivity contribution in [1.29, 1.82) is 0 Å². The predicted octanol–water partition coefficient (Wildman–Crippen LogP) is 4.55. The second-order valence-corrected chi connectivity index (χ2v) is 6.44. The fraction of sp³-hybridized carbons (Fsp3) is 0.0625. The van der Waals surface area contributed by atoms with E-state index in [-0.39, 0.29) is 11.9 Å². The van der Waals surface area contributed by atoms with Crippen LogP contribution in [0.1, 0.15) is 6.92 Å². The number of fused-ring (bicyclic) bond motifs is 1. The average Bonchev–Trinajstić information content (AvgIpc) is 2.87. The van der Waals surface area contributed by atoms with Crippen LogP contribution in [0.5, 0.6) is 0 Å². The Morgan fingerprint density at radius 3 is 2.50 bits per heavy atom. The van der Waals surface area contributed by atoms with Gasteiger partial charge in [-0.3, -0.25) is 4.79 Å². The van der Waals surface area contributed by atoms with Crippen molar-refractivity contribution in [1.82, 2.24) is 4.98 Å². The lowest BCUT2D eigenvalue weighted by Gasteiger charge is -2.07. The maximum Gasteiger partial charge on any atom is 0.323 e. The average molecular weight is 361 g/mol. The van der Waals surface area contributed by atoms with E-state index in [0.717, 1.165) is 10.2 Å². The predicted molar refractivity (Wildman–Crippen MR) is 98.0 cm³/mol. The normalized spacial score (nSPS) is 10.4. The minimum atomic E-state index is -0.372. The van der Waals surface area contributed by atoms with Gasteiger partial charge in [0.25, 0.3) is 0 Å². The van der Waals surface area contributed by atoms with Crippen molar-refractivity contribution in [2.75, 3.05) is 16.0 Å². The van der Waals surface area contributed by atoms with Crippen molar-refractivity contribution < 1.29 is 9.59 Å². The third-order valence-corrected chi connectivity index (χ3v) is 4.18. The molecule has 8 heteroatoms. The van der Waals surface area contributed by atoms with Crippen LogP contribution >= 0.6 is 22.9 Å². The lowest BCUT2D eigenvalue weighted by Crippen LogP contribution is -2.19. The smallest absolute Gasteiger partial charge is 0.308 e. The van der Waals surface area contributed by atoms with Gasteiger partial charge in [-0.05, 0) is 36.4 Å². The fourth-order valence-corrected chi connectivity index (χ4v) is 3.21. The summed E-state index contributed by atoms with van der Waals surface area (Å²) < 4.78 is 0.860. The van der Waals surface area contributed by atoms with Gasteiger partial charge in [-0.15, -0.1) is 0 Å². The van der Waals surface area contributed by atoms with Gasteiger partial charge < -0.3 is 16.0 Å². The lowest BCUT2D eigenvalue weighted by molar-refractivity contribution is -0.114. The minimum absolute atomic E-state index is 0.173. The topological polar surface area (TPSA) is 83.1 Å². The summed E-state index contributed by atoms with van der Waals surface area (Å²) in [5, 5.41) is 9.18. The van der Waals surface area contributed by atoms with Crippen molar-refractivity contribution in [3.8, 4) is 0 Å². The number of anilines is 3. The molecule has 0 bridgehead atoms. The molecule has 0 atom stereocenters. The molecule has 0 unspecified atom stereocenters. The molecule has 24 heavy (non-hydrogen) atoms. The third-order valence-electron chi connectivity index (χ3n) is 3.01. The molecule has 3 N–H and O–H groups in total. The summed E-state index contributed by atoms with van der Waals surface area (Å²) in [5.41, 5.74) is 1.98. The molecule has 0 aliphatic rings. The minimum Gasteiger partial charge on any atom is -0.308 e. The van der Waals surface area contributed by atoms with Crippen molar-refractivity contribution in [2.45, 2.75) is 6.92 Å². The zero-order valence-electron chi connectivity index (χ0n) is 12.6. The summed E-state index contributed by atoms with van der Waals surface area (Å²) >= 11 is 7.23. The van der Waals surface area contributed by atoms with E-state index in [0.29, 0.717) is 21.5 Å². The molecule has 122 valence electrons. The van der Waals surface area contributed by atoms with Crippen LogP contribution in [-0.2, 0) is 4.79 Å². The van der Waals surface area contributed by atoms with E-state index < -0.39 is 0 Å². The van der Waals surface area contributed by atoms with Crippen LogP contribution < -0.4 is 16.0 Å². The number of aromatic nitrogens is 1. The molecule has 3 aromatic rings. The van der Waals surface area contributed by atoms with Gasteiger partial charge in [-0.2, -0.15) is 0 Å². The maximum atomic E-state index is 12.0. The summed E-state index contributed by atoms with van der Waals surface area (Å²) in [6, 6.07) is 11.9. The van der Waals surface area contributed by atoms with E-state index in [9.17, 15) is 9.59 Å². The first-order valence-corrected chi connectivity index (χ1v) is 8.21. The number of hydrogen-bond acceptors (Lipinski definition) is 4. The number of benzene rings is 2. The quantitative estimate of drug-likeness (QED) is 0.640. The van der Waals surface area contributed by atoms with Crippen molar-refractivity contribution in [2.24, 2.45) is 0 Å². The van der Waals surface area contributed by atoms with Gasteiger partial charge >= 0.3 is 6.03 Å². The van der Waals surface area contributed by atoms with Crippen LogP contribution in [0.3, 0.4) is 0 Å². The Kier molecular flexibility index (Phi) is 4.64. The number of urea groups is 1. The summed E-state index contributed by atoms with van der Waals surface area (Å²) in [5.74, 6) is -0.173. The molecule has 0 radical (unpaired) electrons. The fourth-order valence-electron chi connectivity index (χ4n) is 2.07. The molecule has 0 saturated heterocycles. The molecule has 2 aromatic carbocycles. The number of nitrogens with zero attached hydrogens (tertiary/aromatic N) is 1. The first-order valence-electron chi connectivity index (χ1n) is 7.01. The second-order valence-electron chi connectivity index (χ2n) is 4.97. The van der Waals surface area contributed by atoms with Gasteiger partial charge in [0, 0.05) is 23.3 Å². The summed E-state index contributed by atoms with van der Waals surface area (Å²) in [6.07, 6.45) is 0. The number of hydrogen-bond donors (Lipinski definition) is 3. The standard InChI is InChI=1S/C16H13ClN4O2S/c1-9(22)18-16-21-13-6-5-12(8-14(13)24-16)20-15(23)19-11-4-2-3-10(17)7-11/h2-8H,1H3,(H,18,21,22)(H2,19,20,23). The summed E-state index contributed by atoms with van der Waals surface area (Å²) in [6.45, 7) is 1.43. The van der Waals surface area contributed by atoms with Gasteiger partial charge in [-0.25, -0.2) is 9.78 Å². The van der Waals surface area contributed by atoms with Crippen LogP contribution in [0.15, 0.2) is 42.5 Å². The molecular formula is C16H13ClN4O2S. The van der Waals surface area contributed by atoms with E-state index in [1.165, 1.54) is 18.3 Å². The SMILES string of the molecule is CC(=O)Nc1nc2ccc(NC(=O)Nc3cccc(Cl)c3)cc2s1. The van der Waals surface area contributed by atoms with Crippen LogP contribution in [0.2, 0.25) is 5.02 Å². The van der Waals surface area contributed by atoms with Crippen molar-refractivity contribution >= 4 is 61.6 Å². The molecule has 6 nitrogen and oxygen atoms in total. The molecular weight excluding hydrogens is 348 g/mol. The van der Waals surface area contributed by atoms with Gasteiger partial charge in [-0.1, -0.05) is 29.0 Å². The number of thiazole rings is 1. The largest absolute Gasteiger partial charge is 0.323 e. The highest BCUT2D eigenvalue weighted by Crippen LogP contribution is 2.28. The Morgan fingerprint density at radius 1 is 1.04 bits per heavy atom. The Morgan fingerprint density at radius 2 is 1.79 bits per heavy atom. The maximum absolute atomic E-state index is 12.0. The van der Waals surface area contributed by atoms with Crippen LogP contribution in [0.4, 0.5) is 21.3 Å².